The minimum Gasteiger partial charge on any atom is -0.394 e. The Labute approximate surface area is 125 Å². The van der Waals surface area contributed by atoms with Crippen LogP contribution in [0.3, 0.4) is 0 Å². The summed E-state index contributed by atoms with van der Waals surface area (Å²) < 4.78 is 10.6. The van der Waals surface area contributed by atoms with Crippen molar-refractivity contribution in [2.45, 2.75) is 69.9 Å². The molecule has 0 amide bonds. The molecular weight excluding hydrogens is 280 g/mol. The lowest BCUT2D eigenvalue weighted by molar-refractivity contribution is -0.301. The molecule has 0 aromatic heterocycles. The standard InChI is InChI=1S/C14H28O7/c1-4-8(14(2,3)19)5-6-20-13-12(18)11(17)10(16)9(7-15)21-13/h8-13,15-19H,4-7H2,1-3H3/t8-,9-,10-,11+,12-,13-/m1/s1. The molecule has 0 unspecified atom stereocenters. The number of hydrogen-bond donors (Lipinski definition) is 5. The van der Waals surface area contributed by atoms with Gasteiger partial charge in [0.2, 0.25) is 0 Å². The summed E-state index contributed by atoms with van der Waals surface area (Å²) in [6.45, 7) is 5.18. The fourth-order valence-electron chi connectivity index (χ4n) is 2.59. The zero-order chi connectivity index (χ0) is 16.2. The van der Waals surface area contributed by atoms with Crippen LogP contribution >= 0.6 is 0 Å². The van der Waals surface area contributed by atoms with Gasteiger partial charge in [-0.25, -0.2) is 0 Å². The zero-order valence-electron chi connectivity index (χ0n) is 12.8. The van der Waals surface area contributed by atoms with Gasteiger partial charge in [0, 0.05) is 0 Å². The van der Waals surface area contributed by atoms with Gasteiger partial charge in [-0.05, 0) is 26.2 Å². The number of ether oxygens (including phenoxy) is 2. The lowest BCUT2D eigenvalue weighted by atomic mass is 9.86. The summed E-state index contributed by atoms with van der Waals surface area (Å²) in [5.41, 5.74) is -0.826. The minimum atomic E-state index is -1.43. The van der Waals surface area contributed by atoms with Crippen LogP contribution in [-0.2, 0) is 9.47 Å². The third kappa shape index (κ3) is 4.85. The lowest BCUT2D eigenvalue weighted by Crippen LogP contribution is -2.59. The van der Waals surface area contributed by atoms with Gasteiger partial charge in [0.15, 0.2) is 6.29 Å². The van der Waals surface area contributed by atoms with Crippen LogP contribution in [0.2, 0.25) is 0 Å². The Morgan fingerprint density at radius 2 is 1.76 bits per heavy atom. The molecule has 0 saturated carbocycles. The fraction of sp³-hybridized carbons (Fsp3) is 1.00. The van der Waals surface area contributed by atoms with Crippen molar-refractivity contribution in [1.82, 2.24) is 0 Å². The molecule has 1 aliphatic rings. The first-order valence-corrected chi connectivity index (χ1v) is 7.36. The van der Waals surface area contributed by atoms with E-state index in [0.29, 0.717) is 6.42 Å². The number of hydrogen-bond acceptors (Lipinski definition) is 7. The highest BCUT2D eigenvalue weighted by Gasteiger charge is 2.44. The van der Waals surface area contributed by atoms with Gasteiger partial charge in [0.1, 0.15) is 24.4 Å². The number of rotatable bonds is 7. The number of aliphatic hydroxyl groups excluding tert-OH is 4. The summed E-state index contributed by atoms with van der Waals surface area (Å²) >= 11 is 0. The number of aliphatic hydroxyl groups is 5. The van der Waals surface area contributed by atoms with Gasteiger partial charge in [0.05, 0.1) is 18.8 Å². The van der Waals surface area contributed by atoms with Crippen LogP contribution < -0.4 is 0 Å². The molecule has 1 rings (SSSR count). The van der Waals surface area contributed by atoms with Crippen LogP contribution in [0, 0.1) is 5.92 Å². The molecule has 1 saturated heterocycles. The van der Waals surface area contributed by atoms with Crippen LogP contribution in [-0.4, -0.2) is 75.1 Å². The molecule has 6 atom stereocenters. The van der Waals surface area contributed by atoms with Gasteiger partial charge in [-0.1, -0.05) is 13.3 Å². The summed E-state index contributed by atoms with van der Waals surface area (Å²) in [4.78, 5) is 0. The molecule has 0 spiro atoms. The quantitative estimate of drug-likeness (QED) is 0.409. The highest BCUT2D eigenvalue weighted by atomic mass is 16.7. The highest BCUT2D eigenvalue weighted by Crippen LogP contribution is 2.25. The summed E-state index contributed by atoms with van der Waals surface area (Å²) in [5, 5.41) is 48.2. The van der Waals surface area contributed by atoms with Crippen molar-refractivity contribution in [2.24, 2.45) is 5.92 Å². The first-order valence-electron chi connectivity index (χ1n) is 7.36. The SMILES string of the molecule is CC[C@H](CCO[C@@H]1O[C@H](CO)[C@@H](O)[C@H](O)[C@H]1O)C(C)(C)O. The minimum absolute atomic E-state index is 0.0300. The van der Waals surface area contributed by atoms with Gasteiger partial charge in [0.25, 0.3) is 0 Å². The predicted molar refractivity (Wildman–Crippen MR) is 74.4 cm³/mol. The van der Waals surface area contributed by atoms with E-state index in [1.54, 1.807) is 13.8 Å². The summed E-state index contributed by atoms with van der Waals surface area (Å²) in [6, 6.07) is 0. The van der Waals surface area contributed by atoms with E-state index in [0.717, 1.165) is 6.42 Å². The Kier molecular flexibility index (Phi) is 6.99. The van der Waals surface area contributed by atoms with Crippen molar-refractivity contribution >= 4 is 0 Å². The van der Waals surface area contributed by atoms with E-state index in [1.807, 2.05) is 6.92 Å². The molecule has 7 heteroatoms. The molecular formula is C14H28O7. The van der Waals surface area contributed by atoms with Crippen molar-refractivity contribution in [1.29, 1.82) is 0 Å². The van der Waals surface area contributed by atoms with Crippen LogP contribution in [0.1, 0.15) is 33.6 Å². The van der Waals surface area contributed by atoms with E-state index in [9.17, 15) is 20.4 Å². The fourth-order valence-corrected chi connectivity index (χ4v) is 2.59. The van der Waals surface area contributed by atoms with Crippen molar-refractivity contribution in [2.75, 3.05) is 13.2 Å². The maximum atomic E-state index is 9.98. The first-order chi connectivity index (χ1) is 9.72. The molecule has 5 N–H and O–H groups in total. The molecule has 0 bridgehead atoms. The summed E-state index contributed by atoms with van der Waals surface area (Å²) in [5.74, 6) is 0.0300. The van der Waals surface area contributed by atoms with Gasteiger partial charge >= 0.3 is 0 Å². The van der Waals surface area contributed by atoms with Gasteiger partial charge < -0.3 is 35.0 Å². The first kappa shape index (κ1) is 18.8. The van der Waals surface area contributed by atoms with Crippen molar-refractivity contribution in [3.05, 3.63) is 0 Å². The molecule has 0 aliphatic carbocycles. The molecule has 1 heterocycles. The Morgan fingerprint density at radius 3 is 2.24 bits per heavy atom. The monoisotopic (exact) mass is 308 g/mol. The second-order valence-corrected chi connectivity index (χ2v) is 6.12. The molecule has 0 radical (unpaired) electrons. The average Bonchev–Trinajstić information content (AvgIpc) is 2.41. The van der Waals surface area contributed by atoms with Crippen molar-refractivity contribution in [3.63, 3.8) is 0 Å². The topological polar surface area (TPSA) is 120 Å². The third-order valence-electron chi connectivity index (χ3n) is 4.09. The Hall–Kier alpha value is -0.280. The molecule has 1 fully saturated rings. The van der Waals surface area contributed by atoms with Crippen LogP contribution in [0.15, 0.2) is 0 Å². The Morgan fingerprint density at radius 1 is 1.14 bits per heavy atom. The molecule has 1 aliphatic heterocycles. The second-order valence-electron chi connectivity index (χ2n) is 6.12. The van der Waals surface area contributed by atoms with Crippen LogP contribution in [0.25, 0.3) is 0 Å². The zero-order valence-corrected chi connectivity index (χ0v) is 12.8. The maximum Gasteiger partial charge on any atom is 0.186 e. The maximum absolute atomic E-state index is 9.98. The molecule has 21 heavy (non-hydrogen) atoms. The van der Waals surface area contributed by atoms with Gasteiger partial charge in [-0.3, -0.25) is 0 Å². The van der Waals surface area contributed by atoms with E-state index >= 15 is 0 Å². The second kappa shape index (κ2) is 7.82. The summed E-state index contributed by atoms with van der Waals surface area (Å²) in [7, 11) is 0. The lowest BCUT2D eigenvalue weighted by Gasteiger charge is -2.39. The largest absolute Gasteiger partial charge is 0.394 e. The van der Waals surface area contributed by atoms with E-state index < -0.39 is 42.9 Å². The van der Waals surface area contributed by atoms with Crippen LogP contribution in [0.4, 0.5) is 0 Å². The third-order valence-corrected chi connectivity index (χ3v) is 4.09. The van der Waals surface area contributed by atoms with E-state index in [1.165, 1.54) is 0 Å². The predicted octanol–water partition coefficient (Wildman–Crippen LogP) is -1.01. The van der Waals surface area contributed by atoms with Crippen molar-refractivity contribution in [3.8, 4) is 0 Å². The molecule has 0 aromatic rings. The van der Waals surface area contributed by atoms with Gasteiger partial charge in [-0.15, -0.1) is 0 Å². The average molecular weight is 308 g/mol. The molecule has 0 aromatic carbocycles. The van der Waals surface area contributed by atoms with E-state index in [2.05, 4.69) is 0 Å². The molecule has 126 valence electrons. The smallest absolute Gasteiger partial charge is 0.186 e. The molecule has 7 nitrogen and oxygen atoms in total. The Bertz CT molecular complexity index is 302. The highest BCUT2D eigenvalue weighted by molar-refractivity contribution is 4.89. The van der Waals surface area contributed by atoms with E-state index in [4.69, 9.17) is 14.6 Å². The normalized spacial score (nSPS) is 35.7. The van der Waals surface area contributed by atoms with E-state index in [-0.39, 0.29) is 12.5 Å². The Balaban J connectivity index is 2.50. The van der Waals surface area contributed by atoms with Gasteiger partial charge in [-0.2, -0.15) is 0 Å². The van der Waals surface area contributed by atoms with Crippen LogP contribution in [0.5, 0.6) is 0 Å². The van der Waals surface area contributed by atoms with Crippen molar-refractivity contribution < 1.29 is 35.0 Å². The summed E-state index contributed by atoms with van der Waals surface area (Å²) in [6.07, 6.45) is -4.94.